The summed E-state index contributed by atoms with van der Waals surface area (Å²) < 4.78 is 0. The zero-order chi connectivity index (χ0) is 15.0. The van der Waals surface area contributed by atoms with Crippen LogP contribution in [0.25, 0.3) is 0 Å². The van der Waals surface area contributed by atoms with Crippen LogP contribution in [-0.4, -0.2) is 9.97 Å². The van der Waals surface area contributed by atoms with Crippen molar-refractivity contribution >= 4 is 23.0 Å². The number of thiophene rings is 1. The van der Waals surface area contributed by atoms with Crippen LogP contribution in [0.5, 0.6) is 0 Å². The number of aryl methyl sites for hydroxylation is 1. The third-order valence-electron chi connectivity index (χ3n) is 4.08. The summed E-state index contributed by atoms with van der Waals surface area (Å²) in [6.45, 7) is 6.16. The van der Waals surface area contributed by atoms with Gasteiger partial charge in [-0.15, -0.1) is 11.3 Å². The van der Waals surface area contributed by atoms with E-state index in [1.807, 2.05) is 18.3 Å². The fraction of sp³-hybridized carbons (Fsp3) is 0.500. The molecule has 0 aromatic carbocycles. The highest BCUT2D eigenvalue weighted by Gasteiger charge is 2.22. The summed E-state index contributed by atoms with van der Waals surface area (Å²) in [4.78, 5) is 10.6. The lowest BCUT2D eigenvalue weighted by atomic mass is 9.94. The number of hydrogen-bond donors (Lipinski definition) is 2. The molecule has 0 radical (unpaired) electrons. The number of hydrogen-bond acceptors (Lipinski definition) is 5. The maximum absolute atomic E-state index is 6.05. The minimum Gasteiger partial charge on any atom is -0.383 e. The summed E-state index contributed by atoms with van der Waals surface area (Å²) in [7, 11) is 0. The fourth-order valence-corrected chi connectivity index (χ4v) is 3.74. The Hall–Kier alpha value is -1.62. The summed E-state index contributed by atoms with van der Waals surface area (Å²) in [5.74, 6) is 2.55. The van der Waals surface area contributed by atoms with Crippen LogP contribution >= 0.6 is 11.3 Å². The molecule has 1 unspecified atom stereocenters. The van der Waals surface area contributed by atoms with E-state index >= 15 is 0 Å². The number of nitrogens with one attached hydrogen (secondary N) is 1. The molecule has 2 aromatic heterocycles. The van der Waals surface area contributed by atoms with Crippen molar-refractivity contribution in [3.63, 3.8) is 0 Å². The normalized spacial score (nSPS) is 17.8. The number of aromatic nitrogens is 2. The first-order chi connectivity index (χ1) is 10.1. The first-order valence-corrected chi connectivity index (χ1v) is 8.41. The molecule has 0 amide bonds. The predicted octanol–water partition coefficient (Wildman–Crippen LogP) is 4.04. The van der Waals surface area contributed by atoms with E-state index in [0.29, 0.717) is 11.9 Å². The fourth-order valence-electron chi connectivity index (χ4n) is 2.75. The van der Waals surface area contributed by atoms with Crippen molar-refractivity contribution in [2.45, 2.75) is 52.0 Å². The SMILES string of the molecule is Cc1c(N)nc(C(C)C)nc1NC1CCCc2sccc21. The van der Waals surface area contributed by atoms with Gasteiger partial charge in [0.25, 0.3) is 0 Å². The van der Waals surface area contributed by atoms with E-state index in [9.17, 15) is 0 Å². The molecule has 3 N–H and O–H groups in total. The quantitative estimate of drug-likeness (QED) is 0.898. The molecule has 1 atom stereocenters. The number of nitrogens with two attached hydrogens (primary N) is 1. The topological polar surface area (TPSA) is 63.8 Å². The highest BCUT2D eigenvalue weighted by atomic mass is 32.1. The van der Waals surface area contributed by atoms with Gasteiger partial charge < -0.3 is 11.1 Å². The maximum Gasteiger partial charge on any atom is 0.135 e. The Morgan fingerprint density at radius 3 is 2.95 bits per heavy atom. The summed E-state index contributed by atoms with van der Waals surface area (Å²) in [5.41, 5.74) is 8.42. The predicted molar refractivity (Wildman–Crippen MR) is 88.9 cm³/mol. The van der Waals surface area contributed by atoms with Gasteiger partial charge in [-0.25, -0.2) is 9.97 Å². The first kappa shape index (κ1) is 14.3. The second kappa shape index (κ2) is 5.64. The lowest BCUT2D eigenvalue weighted by molar-refractivity contribution is 0.605. The van der Waals surface area contributed by atoms with Gasteiger partial charge in [0.15, 0.2) is 0 Å². The largest absolute Gasteiger partial charge is 0.383 e. The van der Waals surface area contributed by atoms with Gasteiger partial charge in [0.05, 0.1) is 6.04 Å². The van der Waals surface area contributed by atoms with Gasteiger partial charge >= 0.3 is 0 Å². The van der Waals surface area contributed by atoms with E-state index in [4.69, 9.17) is 5.73 Å². The smallest absolute Gasteiger partial charge is 0.135 e. The average Bonchev–Trinajstić information content (AvgIpc) is 2.92. The molecule has 4 nitrogen and oxygen atoms in total. The summed E-state index contributed by atoms with van der Waals surface area (Å²) in [6, 6.07) is 2.58. The Balaban J connectivity index is 1.92. The molecule has 0 saturated heterocycles. The standard InChI is InChI=1S/C16H22N4S/c1-9(2)15-19-14(17)10(3)16(20-15)18-12-5-4-6-13-11(12)7-8-21-13/h7-9,12H,4-6H2,1-3H3,(H3,17,18,19,20). The maximum atomic E-state index is 6.05. The Morgan fingerprint density at radius 1 is 1.38 bits per heavy atom. The molecule has 0 bridgehead atoms. The van der Waals surface area contributed by atoms with Gasteiger partial charge in [-0.05, 0) is 43.2 Å². The Kier molecular flexibility index (Phi) is 3.85. The zero-order valence-electron chi connectivity index (χ0n) is 12.8. The lowest BCUT2D eigenvalue weighted by Gasteiger charge is -2.25. The van der Waals surface area contributed by atoms with Crippen molar-refractivity contribution in [2.75, 3.05) is 11.1 Å². The van der Waals surface area contributed by atoms with Crippen molar-refractivity contribution in [2.24, 2.45) is 0 Å². The molecular weight excluding hydrogens is 280 g/mol. The molecule has 0 spiro atoms. The Bertz CT molecular complexity index is 648. The van der Waals surface area contributed by atoms with Crippen LogP contribution in [-0.2, 0) is 6.42 Å². The van der Waals surface area contributed by atoms with E-state index in [1.165, 1.54) is 23.3 Å². The van der Waals surface area contributed by atoms with E-state index in [-0.39, 0.29) is 5.92 Å². The van der Waals surface area contributed by atoms with Crippen LogP contribution in [0.2, 0.25) is 0 Å². The molecule has 1 aliphatic carbocycles. The van der Waals surface area contributed by atoms with Crippen molar-refractivity contribution in [1.82, 2.24) is 9.97 Å². The molecular formula is C16H22N4S. The van der Waals surface area contributed by atoms with Crippen molar-refractivity contribution in [1.29, 1.82) is 0 Å². The highest BCUT2D eigenvalue weighted by molar-refractivity contribution is 7.10. The minimum atomic E-state index is 0.275. The van der Waals surface area contributed by atoms with Crippen LogP contribution in [0.4, 0.5) is 11.6 Å². The van der Waals surface area contributed by atoms with E-state index in [0.717, 1.165) is 23.6 Å². The lowest BCUT2D eigenvalue weighted by Crippen LogP contribution is -2.18. The van der Waals surface area contributed by atoms with Gasteiger partial charge in [0.2, 0.25) is 0 Å². The zero-order valence-corrected chi connectivity index (χ0v) is 13.6. The number of anilines is 2. The number of rotatable bonds is 3. The van der Waals surface area contributed by atoms with Gasteiger partial charge in [0, 0.05) is 16.4 Å². The number of nitrogen functional groups attached to an aromatic ring is 1. The molecule has 5 heteroatoms. The van der Waals surface area contributed by atoms with Gasteiger partial charge in [-0.3, -0.25) is 0 Å². The Labute approximate surface area is 129 Å². The second-order valence-electron chi connectivity index (χ2n) is 5.98. The molecule has 0 aliphatic heterocycles. The Morgan fingerprint density at radius 2 is 2.19 bits per heavy atom. The minimum absolute atomic E-state index is 0.275. The molecule has 2 heterocycles. The van der Waals surface area contributed by atoms with Gasteiger partial charge in [0.1, 0.15) is 17.5 Å². The third-order valence-corrected chi connectivity index (χ3v) is 5.08. The van der Waals surface area contributed by atoms with Gasteiger partial charge in [-0.1, -0.05) is 13.8 Å². The third kappa shape index (κ3) is 2.75. The van der Waals surface area contributed by atoms with Crippen LogP contribution in [0.15, 0.2) is 11.4 Å². The number of nitrogens with zero attached hydrogens (tertiary/aromatic N) is 2. The van der Waals surface area contributed by atoms with Crippen LogP contribution in [0.1, 0.15) is 60.5 Å². The van der Waals surface area contributed by atoms with Gasteiger partial charge in [-0.2, -0.15) is 0 Å². The summed E-state index contributed by atoms with van der Waals surface area (Å²) in [5, 5.41) is 5.79. The molecule has 0 saturated carbocycles. The van der Waals surface area contributed by atoms with Crippen molar-refractivity contribution in [3.8, 4) is 0 Å². The van der Waals surface area contributed by atoms with Crippen molar-refractivity contribution in [3.05, 3.63) is 33.3 Å². The molecule has 2 aromatic rings. The summed E-state index contributed by atoms with van der Waals surface area (Å²) >= 11 is 1.86. The number of fused-ring (bicyclic) bond motifs is 1. The molecule has 0 fully saturated rings. The van der Waals surface area contributed by atoms with E-state index < -0.39 is 0 Å². The van der Waals surface area contributed by atoms with Crippen LogP contribution in [0, 0.1) is 6.92 Å². The van der Waals surface area contributed by atoms with E-state index in [2.05, 4.69) is 40.6 Å². The molecule has 3 rings (SSSR count). The molecule has 112 valence electrons. The molecule has 1 aliphatic rings. The first-order valence-electron chi connectivity index (χ1n) is 7.53. The van der Waals surface area contributed by atoms with Crippen LogP contribution < -0.4 is 11.1 Å². The molecule has 21 heavy (non-hydrogen) atoms. The van der Waals surface area contributed by atoms with Crippen molar-refractivity contribution < 1.29 is 0 Å². The highest BCUT2D eigenvalue weighted by Crippen LogP contribution is 2.36. The van der Waals surface area contributed by atoms with E-state index in [1.54, 1.807) is 0 Å². The summed E-state index contributed by atoms with van der Waals surface area (Å²) in [6.07, 6.45) is 3.57. The average molecular weight is 302 g/mol. The monoisotopic (exact) mass is 302 g/mol. The van der Waals surface area contributed by atoms with Crippen LogP contribution in [0.3, 0.4) is 0 Å². The second-order valence-corrected chi connectivity index (χ2v) is 6.98.